The predicted molar refractivity (Wildman–Crippen MR) is 172 cm³/mol. The van der Waals surface area contributed by atoms with E-state index in [9.17, 15) is 0 Å². The quantitative estimate of drug-likeness (QED) is 0.188. The van der Waals surface area contributed by atoms with E-state index >= 15 is 0 Å². The minimum Gasteiger partial charge on any atom is -0.485 e. The van der Waals surface area contributed by atoms with Crippen LogP contribution in [0.25, 0.3) is 10.9 Å². The van der Waals surface area contributed by atoms with Crippen LogP contribution >= 0.6 is 0 Å². The smallest absolute Gasteiger partial charge is 0.290 e. The van der Waals surface area contributed by atoms with Crippen LogP contribution in [0.5, 0.6) is 5.75 Å². The summed E-state index contributed by atoms with van der Waals surface area (Å²) in [5, 5.41) is 15.7. The van der Waals surface area contributed by atoms with Gasteiger partial charge in [-0.15, -0.1) is 0 Å². The molecule has 0 radical (unpaired) electrons. The fourth-order valence-corrected chi connectivity index (χ4v) is 3.55. The first-order valence-corrected chi connectivity index (χ1v) is 14.4. The number of rotatable bonds is 5. The third-order valence-electron chi connectivity index (χ3n) is 6.08. The van der Waals surface area contributed by atoms with Gasteiger partial charge in [-0.3, -0.25) is 20.1 Å². The average Bonchev–Trinajstić information content (AvgIpc) is 2.97. The molecule has 0 aliphatic carbocycles. The number of allylic oxidation sites excluding steroid dienone is 1. The van der Waals surface area contributed by atoms with Gasteiger partial charge in [0.05, 0.1) is 23.2 Å². The Balaban J connectivity index is 0.000000572. The van der Waals surface area contributed by atoms with Gasteiger partial charge in [0.1, 0.15) is 12.4 Å². The summed E-state index contributed by atoms with van der Waals surface area (Å²) in [6.07, 6.45) is 10.7. The molecule has 1 aliphatic rings. The molecule has 0 saturated heterocycles. The maximum Gasteiger partial charge on any atom is 0.290 e. The van der Waals surface area contributed by atoms with E-state index < -0.39 is 0 Å². The van der Waals surface area contributed by atoms with Gasteiger partial charge in [0.15, 0.2) is 0 Å². The number of pyridine rings is 1. The second kappa shape index (κ2) is 22.2. The van der Waals surface area contributed by atoms with E-state index in [0.29, 0.717) is 6.61 Å². The molecule has 220 valence electrons. The van der Waals surface area contributed by atoms with Crippen molar-refractivity contribution in [2.24, 2.45) is 0 Å². The number of hydrogen-bond acceptors (Lipinski definition) is 4. The molecule has 40 heavy (non-hydrogen) atoms. The first-order valence-electron chi connectivity index (χ1n) is 14.4. The summed E-state index contributed by atoms with van der Waals surface area (Å²) in [4.78, 5) is 14.7. The number of ether oxygens (including phenoxy) is 1. The Morgan fingerprint density at radius 2 is 1.52 bits per heavy atom. The van der Waals surface area contributed by atoms with Gasteiger partial charge in [-0.2, -0.15) is 0 Å². The Hall–Kier alpha value is -3.67. The minimum absolute atomic E-state index is 0.250. The number of benzene rings is 2. The Morgan fingerprint density at radius 3 is 2.05 bits per heavy atom. The van der Waals surface area contributed by atoms with E-state index in [1.165, 1.54) is 48.5 Å². The van der Waals surface area contributed by atoms with Gasteiger partial charge in [-0.1, -0.05) is 103 Å². The molecule has 1 aliphatic heterocycles. The number of unbranched alkanes of at least 4 members (excludes halogenated alkanes) is 2. The van der Waals surface area contributed by atoms with Crippen LogP contribution < -0.4 is 9.64 Å². The first kappa shape index (κ1) is 36.3. The second-order valence-electron chi connectivity index (χ2n) is 9.28. The number of hydrogen-bond donors (Lipinski definition) is 2. The molecule has 4 rings (SSSR count). The zero-order valence-electron chi connectivity index (χ0n) is 26.0. The van der Waals surface area contributed by atoms with Crippen molar-refractivity contribution in [2.75, 3.05) is 11.5 Å². The number of nitrogens with zero attached hydrogens (tertiary/aromatic N) is 2. The van der Waals surface area contributed by atoms with Gasteiger partial charge in [0, 0.05) is 11.1 Å². The normalized spacial score (nSPS) is 12.0. The van der Waals surface area contributed by atoms with E-state index in [0.717, 1.165) is 41.2 Å². The summed E-state index contributed by atoms with van der Waals surface area (Å²) in [6, 6.07) is 16.5. The molecule has 2 N–H and O–H groups in total. The molecule has 1 aromatic heterocycles. The number of carbonyl (C=O) groups is 1. The summed E-state index contributed by atoms with van der Waals surface area (Å²) in [7, 11) is 0. The van der Waals surface area contributed by atoms with Crippen LogP contribution in [-0.2, 0) is 11.2 Å². The molecule has 0 saturated carbocycles. The zero-order chi connectivity index (χ0) is 30.3. The molecule has 0 spiro atoms. The largest absolute Gasteiger partial charge is 0.485 e. The molecule has 0 unspecified atom stereocenters. The number of aryl methyl sites for hydroxylation is 3. The van der Waals surface area contributed by atoms with E-state index in [2.05, 4.69) is 76.9 Å². The lowest BCUT2D eigenvalue weighted by molar-refractivity contribution is -0.122. The van der Waals surface area contributed by atoms with Crippen molar-refractivity contribution in [1.29, 1.82) is 5.41 Å². The predicted octanol–water partition coefficient (Wildman–Crippen LogP) is 9.51. The van der Waals surface area contributed by atoms with Gasteiger partial charge < -0.3 is 9.84 Å². The summed E-state index contributed by atoms with van der Waals surface area (Å²) >= 11 is 0. The average molecular weight is 550 g/mol. The van der Waals surface area contributed by atoms with Crippen molar-refractivity contribution in [1.82, 2.24) is 4.98 Å². The molecular formula is C34H51N3O3. The van der Waals surface area contributed by atoms with Crippen molar-refractivity contribution in [2.45, 2.75) is 93.9 Å². The number of carboxylic acid groups (broad SMARTS) is 1. The van der Waals surface area contributed by atoms with Crippen LogP contribution in [0, 0.1) is 19.3 Å². The van der Waals surface area contributed by atoms with Crippen LogP contribution in [-0.4, -0.2) is 29.5 Å². The molecular weight excluding hydrogens is 498 g/mol. The summed E-state index contributed by atoms with van der Waals surface area (Å²) < 4.78 is 5.83. The lowest BCUT2D eigenvalue weighted by Gasteiger charge is -2.31. The fourth-order valence-electron chi connectivity index (χ4n) is 3.55. The minimum atomic E-state index is -0.250. The Bertz CT molecular complexity index is 1150. The zero-order valence-corrected chi connectivity index (χ0v) is 26.0. The van der Waals surface area contributed by atoms with Crippen molar-refractivity contribution in [3.8, 4) is 5.75 Å². The first-order chi connectivity index (χ1) is 19.3. The number of para-hydroxylation sites is 1. The maximum absolute atomic E-state index is 8.36. The molecule has 0 amide bonds. The lowest BCUT2D eigenvalue weighted by atomic mass is 10.1. The van der Waals surface area contributed by atoms with Gasteiger partial charge in [0.25, 0.3) is 6.47 Å². The summed E-state index contributed by atoms with van der Waals surface area (Å²) in [5.41, 5.74) is 6.68. The SMILES string of the molecule is C/C=C1\COc2c(CCC)cccc2N1C=N.CCCC.CCCC.Cc1ccc2c(C)cccc2n1.O=CO. The van der Waals surface area contributed by atoms with Crippen molar-refractivity contribution in [3.63, 3.8) is 0 Å². The summed E-state index contributed by atoms with van der Waals surface area (Å²) in [5.74, 6) is 0.934. The molecule has 2 heterocycles. The second-order valence-corrected chi connectivity index (χ2v) is 9.28. The highest BCUT2D eigenvalue weighted by atomic mass is 16.5. The van der Waals surface area contributed by atoms with E-state index in [-0.39, 0.29) is 6.47 Å². The molecule has 3 aromatic rings. The van der Waals surface area contributed by atoms with Crippen LogP contribution in [0.2, 0.25) is 0 Å². The number of aromatic nitrogens is 1. The third kappa shape index (κ3) is 12.5. The van der Waals surface area contributed by atoms with Crippen molar-refractivity contribution >= 4 is 29.4 Å². The Labute approximate surface area is 242 Å². The fraction of sp³-hybridized carbons (Fsp3) is 0.441. The maximum atomic E-state index is 8.36. The highest BCUT2D eigenvalue weighted by Gasteiger charge is 2.22. The van der Waals surface area contributed by atoms with Crippen molar-refractivity contribution < 1.29 is 14.6 Å². The van der Waals surface area contributed by atoms with Crippen LogP contribution in [0.3, 0.4) is 0 Å². The number of anilines is 1. The third-order valence-corrected chi connectivity index (χ3v) is 6.08. The highest BCUT2D eigenvalue weighted by molar-refractivity contribution is 5.86. The van der Waals surface area contributed by atoms with Gasteiger partial charge in [-0.05, 0) is 56.5 Å². The molecule has 0 bridgehead atoms. The van der Waals surface area contributed by atoms with Crippen LogP contribution in [0.15, 0.2) is 60.3 Å². The lowest BCUT2D eigenvalue weighted by Crippen LogP contribution is -2.29. The van der Waals surface area contributed by atoms with Gasteiger partial charge in [-0.25, -0.2) is 0 Å². The standard InChI is InChI=1S/C14H18N2O.C11H11N.2C4H10.CH2O2/c1-3-6-11-7-5-8-13-14(11)17-9-12(4-2)16(13)10-15;1-8-4-3-5-11-10(8)7-6-9(2)12-11;2*1-3-4-2;2-1-3/h4-5,7-8,10,15H,3,6,9H2,1-2H3;3-7H,1-2H3;2*3-4H2,1-2H3;1H,(H,2,3)/b12-4+,15-10?;;;;. The highest BCUT2D eigenvalue weighted by Crippen LogP contribution is 2.37. The number of nitrogens with one attached hydrogen (secondary N) is 1. The van der Waals surface area contributed by atoms with Gasteiger partial charge in [0.2, 0.25) is 0 Å². The molecule has 2 aromatic carbocycles. The Morgan fingerprint density at radius 1 is 0.925 bits per heavy atom. The van der Waals surface area contributed by atoms with Crippen LogP contribution in [0.1, 0.15) is 90.5 Å². The molecule has 6 nitrogen and oxygen atoms in total. The molecule has 0 fully saturated rings. The van der Waals surface area contributed by atoms with E-state index in [1.807, 2.05) is 43.0 Å². The molecule has 6 heteroatoms. The van der Waals surface area contributed by atoms with Crippen LogP contribution in [0.4, 0.5) is 5.69 Å². The van der Waals surface area contributed by atoms with Gasteiger partial charge >= 0.3 is 0 Å². The van der Waals surface area contributed by atoms with Crippen molar-refractivity contribution in [3.05, 3.63) is 77.1 Å². The molecule has 0 atom stereocenters. The Kier molecular flexibility index (Phi) is 20.1. The van der Waals surface area contributed by atoms with E-state index in [4.69, 9.17) is 20.0 Å². The topological polar surface area (TPSA) is 86.5 Å². The van der Waals surface area contributed by atoms with E-state index in [1.54, 1.807) is 0 Å². The summed E-state index contributed by atoms with van der Waals surface area (Å²) in [6.45, 7) is 17.3. The number of fused-ring (bicyclic) bond motifs is 2. The monoisotopic (exact) mass is 549 g/mol.